The van der Waals surface area contributed by atoms with Crippen LogP contribution in [0.15, 0.2) is 18.2 Å². The molecule has 1 fully saturated rings. The van der Waals surface area contributed by atoms with Gasteiger partial charge in [0.1, 0.15) is 0 Å². The summed E-state index contributed by atoms with van der Waals surface area (Å²) in [7, 11) is 1.36. The van der Waals surface area contributed by atoms with Crippen LogP contribution >= 0.6 is 0 Å². The van der Waals surface area contributed by atoms with Crippen molar-refractivity contribution < 1.29 is 19.1 Å². The quantitative estimate of drug-likeness (QED) is 0.800. The second kappa shape index (κ2) is 6.48. The first kappa shape index (κ1) is 15.0. The smallest absolute Gasteiger partial charge is 0.337 e. The van der Waals surface area contributed by atoms with Gasteiger partial charge in [0.15, 0.2) is 0 Å². The van der Waals surface area contributed by atoms with Crippen LogP contribution in [0.2, 0.25) is 0 Å². The fourth-order valence-corrected chi connectivity index (χ4v) is 3.20. The summed E-state index contributed by atoms with van der Waals surface area (Å²) in [5.41, 5.74) is 2.16. The van der Waals surface area contributed by atoms with Crippen molar-refractivity contribution in [3.63, 3.8) is 0 Å². The molecule has 1 amide bonds. The number of hydrogen-bond donors (Lipinski definition) is 0. The number of fused-ring (bicyclic) bond motifs is 1. The molecular weight excluding hydrogens is 282 g/mol. The number of methoxy groups -OCH3 is 1. The van der Waals surface area contributed by atoms with Crippen molar-refractivity contribution in [3.05, 3.63) is 34.9 Å². The molecule has 118 valence electrons. The van der Waals surface area contributed by atoms with Gasteiger partial charge in [0.05, 0.1) is 12.7 Å². The molecule has 5 heteroatoms. The van der Waals surface area contributed by atoms with Gasteiger partial charge in [-0.05, 0) is 48.9 Å². The molecule has 22 heavy (non-hydrogen) atoms. The Morgan fingerprint density at radius 1 is 1.36 bits per heavy atom. The topological polar surface area (TPSA) is 55.8 Å². The standard InChI is InChI=1S/C17H21NO4/c1-21-17(20)14-2-3-15-13(10-14)4-7-18(16(15)19)11-12-5-8-22-9-6-12/h2-3,10,12H,4-9,11H2,1H3. The normalized spacial score (nSPS) is 19.0. The maximum absolute atomic E-state index is 12.6. The third-order valence-corrected chi connectivity index (χ3v) is 4.51. The van der Waals surface area contributed by atoms with Crippen LogP contribution in [-0.2, 0) is 15.9 Å². The minimum atomic E-state index is -0.361. The summed E-state index contributed by atoms with van der Waals surface area (Å²) in [6.07, 6.45) is 2.84. The zero-order valence-corrected chi connectivity index (χ0v) is 12.8. The van der Waals surface area contributed by atoms with Gasteiger partial charge in [-0.15, -0.1) is 0 Å². The van der Waals surface area contributed by atoms with E-state index in [9.17, 15) is 9.59 Å². The number of benzene rings is 1. The Kier molecular flexibility index (Phi) is 4.43. The maximum Gasteiger partial charge on any atom is 0.337 e. The van der Waals surface area contributed by atoms with E-state index in [1.165, 1.54) is 7.11 Å². The third-order valence-electron chi connectivity index (χ3n) is 4.51. The van der Waals surface area contributed by atoms with E-state index in [4.69, 9.17) is 9.47 Å². The highest BCUT2D eigenvalue weighted by Crippen LogP contribution is 2.24. The molecule has 0 radical (unpaired) electrons. The fourth-order valence-electron chi connectivity index (χ4n) is 3.20. The fraction of sp³-hybridized carbons (Fsp3) is 0.529. The lowest BCUT2D eigenvalue weighted by Crippen LogP contribution is -2.41. The largest absolute Gasteiger partial charge is 0.465 e. The Morgan fingerprint density at radius 3 is 2.86 bits per heavy atom. The molecule has 1 aromatic carbocycles. The van der Waals surface area contributed by atoms with Gasteiger partial charge in [0.2, 0.25) is 0 Å². The van der Waals surface area contributed by atoms with E-state index in [0.29, 0.717) is 23.6 Å². The predicted molar refractivity (Wildman–Crippen MR) is 80.9 cm³/mol. The molecule has 0 unspecified atom stereocenters. The van der Waals surface area contributed by atoms with E-state index < -0.39 is 0 Å². The third kappa shape index (κ3) is 2.99. The van der Waals surface area contributed by atoms with Crippen LogP contribution in [-0.4, -0.2) is 50.2 Å². The number of nitrogens with zero attached hydrogens (tertiary/aromatic N) is 1. The molecule has 0 aromatic heterocycles. The van der Waals surface area contributed by atoms with Gasteiger partial charge in [0.25, 0.3) is 5.91 Å². The summed E-state index contributed by atoms with van der Waals surface area (Å²) in [4.78, 5) is 26.1. The van der Waals surface area contributed by atoms with E-state index in [0.717, 1.165) is 44.6 Å². The minimum absolute atomic E-state index is 0.0733. The molecule has 2 aliphatic heterocycles. The van der Waals surface area contributed by atoms with Gasteiger partial charge < -0.3 is 14.4 Å². The Hall–Kier alpha value is -1.88. The van der Waals surface area contributed by atoms with Gasteiger partial charge in [-0.3, -0.25) is 4.79 Å². The van der Waals surface area contributed by atoms with Crippen LogP contribution in [0.4, 0.5) is 0 Å². The van der Waals surface area contributed by atoms with Gasteiger partial charge in [-0.1, -0.05) is 0 Å². The molecule has 0 bridgehead atoms. The SMILES string of the molecule is COC(=O)c1ccc2c(c1)CCN(CC1CCOCC1)C2=O. The predicted octanol–water partition coefficient (Wildman–Crippen LogP) is 1.90. The Labute approximate surface area is 130 Å². The minimum Gasteiger partial charge on any atom is -0.465 e. The van der Waals surface area contributed by atoms with Crippen LogP contribution < -0.4 is 0 Å². The average Bonchev–Trinajstić information content (AvgIpc) is 2.57. The second-order valence-electron chi connectivity index (χ2n) is 5.92. The molecule has 0 atom stereocenters. The Balaban J connectivity index is 1.73. The number of carbonyl (C=O) groups excluding carboxylic acids is 2. The summed E-state index contributed by atoms with van der Waals surface area (Å²) < 4.78 is 10.1. The van der Waals surface area contributed by atoms with Crippen molar-refractivity contribution in [1.82, 2.24) is 4.90 Å². The zero-order valence-electron chi connectivity index (χ0n) is 12.8. The van der Waals surface area contributed by atoms with Crippen LogP contribution in [0.5, 0.6) is 0 Å². The zero-order chi connectivity index (χ0) is 15.5. The van der Waals surface area contributed by atoms with Crippen molar-refractivity contribution in [2.24, 2.45) is 5.92 Å². The van der Waals surface area contributed by atoms with Gasteiger partial charge in [-0.25, -0.2) is 4.79 Å². The van der Waals surface area contributed by atoms with Crippen LogP contribution in [0, 0.1) is 5.92 Å². The molecule has 1 aromatic rings. The molecule has 0 aliphatic carbocycles. The number of carbonyl (C=O) groups is 2. The molecule has 0 spiro atoms. The van der Waals surface area contributed by atoms with E-state index in [2.05, 4.69) is 0 Å². The lowest BCUT2D eigenvalue weighted by Gasteiger charge is -2.33. The van der Waals surface area contributed by atoms with E-state index in [1.807, 2.05) is 4.90 Å². The van der Waals surface area contributed by atoms with Crippen molar-refractivity contribution in [1.29, 1.82) is 0 Å². The molecule has 3 rings (SSSR count). The number of amides is 1. The summed E-state index contributed by atoms with van der Waals surface area (Å²) in [6, 6.07) is 5.20. The number of esters is 1. The lowest BCUT2D eigenvalue weighted by atomic mass is 9.94. The second-order valence-corrected chi connectivity index (χ2v) is 5.92. The Bertz CT molecular complexity index is 578. The van der Waals surface area contributed by atoms with Crippen molar-refractivity contribution in [2.75, 3.05) is 33.4 Å². The number of ether oxygens (including phenoxy) is 2. The molecule has 2 heterocycles. The van der Waals surface area contributed by atoms with Crippen LogP contribution in [0.25, 0.3) is 0 Å². The first-order valence-electron chi connectivity index (χ1n) is 7.77. The number of hydrogen-bond acceptors (Lipinski definition) is 4. The molecule has 2 aliphatic rings. The summed E-state index contributed by atoms with van der Waals surface area (Å²) in [6.45, 7) is 3.12. The lowest BCUT2D eigenvalue weighted by molar-refractivity contribution is 0.0448. The van der Waals surface area contributed by atoms with E-state index in [1.54, 1.807) is 18.2 Å². The van der Waals surface area contributed by atoms with Gasteiger partial charge >= 0.3 is 5.97 Å². The molecule has 0 saturated carbocycles. The molecule has 0 N–H and O–H groups in total. The van der Waals surface area contributed by atoms with Crippen LogP contribution in [0.3, 0.4) is 0 Å². The highest BCUT2D eigenvalue weighted by molar-refractivity contribution is 5.98. The van der Waals surface area contributed by atoms with Gasteiger partial charge in [-0.2, -0.15) is 0 Å². The molecular formula is C17H21NO4. The highest BCUT2D eigenvalue weighted by Gasteiger charge is 2.27. The molecule has 1 saturated heterocycles. The van der Waals surface area contributed by atoms with Crippen molar-refractivity contribution >= 4 is 11.9 Å². The van der Waals surface area contributed by atoms with E-state index in [-0.39, 0.29) is 11.9 Å². The maximum atomic E-state index is 12.6. The first-order valence-corrected chi connectivity index (χ1v) is 7.77. The number of rotatable bonds is 3. The summed E-state index contributed by atoms with van der Waals surface area (Å²) in [5, 5.41) is 0. The van der Waals surface area contributed by atoms with Crippen molar-refractivity contribution in [3.8, 4) is 0 Å². The highest BCUT2D eigenvalue weighted by atomic mass is 16.5. The monoisotopic (exact) mass is 303 g/mol. The van der Waals surface area contributed by atoms with Gasteiger partial charge in [0, 0.05) is 31.9 Å². The van der Waals surface area contributed by atoms with Crippen molar-refractivity contribution in [2.45, 2.75) is 19.3 Å². The van der Waals surface area contributed by atoms with Crippen LogP contribution in [0.1, 0.15) is 39.1 Å². The average molecular weight is 303 g/mol. The van der Waals surface area contributed by atoms with E-state index >= 15 is 0 Å². The summed E-state index contributed by atoms with van der Waals surface area (Å²) in [5.74, 6) is 0.248. The Morgan fingerprint density at radius 2 is 2.14 bits per heavy atom. The summed E-state index contributed by atoms with van der Waals surface area (Å²) >= 11 is 0. The first-order chi connectivity index (χ1) is 10.7. The molecule has 5 nitrogen and oxygen atoms in total.